The zero-order chi connectivity index (χ0) is 21.7. The molecule has 6 nitrogen and oxygen atoms in total. The predicted octanol–water partition coefficient (Wildman–Crippen LogP) is 4.79. The normalized spacial score (nSPS) is 10.5. The van der Waals surface area contributed by atoms with E-state index >= 15 is 0 Å². The van der Waals surface area contributed by atoms with Crippen molar-refractivity contribution in [2.24, 2.45) is 0 Å². The zero-order valence-corrected chi connectivity index (χ0v) is 17.5. The molecule has 1 heterocycles. The van der Waals surface area contributed by atoms with Gasteiger partial charge in [-0.25, -0.2) is 9.97 Å². The van der Waals surface area contributed by atoms with Crippen LogP contribution in [-0.4, -0.2) is 27.4 Å². The van der Waals surface area contributed by atoms with Gasteiger partial charge < -0.3 is 4.90 Å². The molecule has 0 bridgehead atoms. The van der Waals surface area contributed by atoms with Gasteiger partial charge in [-0.05, 0) is 55.0 Å². The minimum Gasteiger partial charge on any atom is -0.308 e. The van der Waals surface area contributed by atoms with Gasteiger partial charge in [-0.2, -0.15) is 0 Å². The largest absolute Gasteiger partial charge is 0.308 e. The van der Waals surface area contributed by atoms with Crippen molar-refractivity contribution in [3.8, 4) is 0 Å². The Balaban J connectivity index is 1.89. The molecule has 0 saturated heterocycles. The van der Waals surface area contributed by atoms with Crippen LogP contribution in [0.3, 0.4) is 0 Å². The van der Waals surface area contributed by atoms with Crippen molar-refractivity contribution < 1.29 is 14.4 Å². The molecule has 0 aliphatic rings. The second-order valence-electron chi connectivity index (χ2n) is 6.50. The minimum absolute atomic E-state index is 0.0211. The number of halogens is 2. The summed E-state index contributed by atoms with van der Waals surface area (Å²) in [5, 5.41) is 0.766. The number of benzene rings is 2. The average molecular weight is 442 g/mol. The Kier molecular flexibility index (Phi) is 6.92. The van der Waals surface area contributed by atoms with Gasteiger partial charge in [0.15, 0.2) is 11.6 Å². The first-order valence-electron chi connectivity index (χ1n) is 9.00. The highest BCUT2D eigenvalue weighted by molar-refractivity contribution is 6.42. The third kappa shape index (κ3) is 5.28. The molecule has 1 amide bonds. The second-order valence-corrected chi connectivity index (χ2v) is 7.32. The molecule has 0 saturated carbocycles. The van der Waals surface area contributed by atoms with Gasteiger partial charge in [0.1, 0.15) is 0 Å². The van der Waals surface area contributed by atoms with E-state index < -0.39 is 18.1 Å². The van der Waals surface area contributed by atoms with Crippen LogP contribution < -0.4 is 4.90 Å². The number of aromatic nitrogens is 2. The maximum absolute atomic E-state index is 13.0. The number of hydrogen-bond acceptors (Lipinski definition) is 5. The molecule has 0 aliphatic heterocycles. The molecule has 0 spiro atoms. The number of Topliss-reactive ketones (excluding diaryl/α,β-unsaturated/α-hetero) is 2. The lowest BCUT2D eigenvalue weighted by molar-refractivity contribution is -0.117. The molecular weight excluding hydrogens is 425 g/mol. The number of amides is 1. The summed E-state index contributed by atoms with van der Waals surface area (Å²) in [4.78, 5) is 46.3. The molecular formula is C22H17Cl2N3O3. The second kappa shape index (κ2) is 9.61. The molecule has 1 aromatic heterocycles. The Morgan fingerprint density at radius 2 is 1.60 bits per heavy atom. The highest BCUT2D eigenvalue weighted by Gasteiger charge is 2.22. The van der Waals surface area contributed by atoms with Crippen molar-refractivity contribution in [2.45, 2.75) is 19.9 Å². The number of ketones is 2. The minimum atomic E-state index is -0.486. The van der Waals surface area contributed by atoms with Gasteiger partial charge in [-0.1, -0.05) is 29.3 Å². The van der Waals surface area contributed by atoms with E-state index in [4.69, 9.17) is 23.2 Å². The lowest BCUT2D eigenvalue weighted by Gasteiger charge is -2.23. The van der Waals surface area contributed by atoms with Crippen molar-refractivity contribution in [2.75, 3.05) is 4.90 Å². The van der Waals surface area contributed by atoms with Gasteiger partial charge in [0.2, 0.25) is 11.7 Å². The van der Waals surface area contributed by atoms with E-state index in [2.05, 4.69) is 9.97 Å². The first kappa shape index (κ1) is 21.6. The smallest absolute Gasteiger partial charge is 0.235 e. The molecule has 0 aliphatic carbocycles. The Morgan fingerprint density at radius 1 is 0.933 bits per heavy atom. The Hall–Kier alpha value is -3.09. The molecule has 0 N–H and O–H groups in total. The van der Waals surface area contributed by atoms with E-state index in [0.29, 0.717) is 21.3 Å². The highest BCUT2D eigenvalue weighted by Crippen LogP contribution is 2.25. The van der Waals surface area contributed by atoms with Gasteiger partial charge in [-0.3, -0.25) is 14.4 Å². The van der Waals surface area contributed by atoms with Crippen LogP contribution in [0.4, 0.5) is 5.69 Å². The highest BCUT2D eigenvalue weighted by atomic mass is 35.5. The van der Waals surface area contributed by atoms with Crippen LogP contribution in [0.15, 0.2) is 60.9 Å². The van der Waals surface area contributed by atoms with Gasteiger partial charge in [-0.15, -0.1) is 0 Å². The third-order valence-corrected chi connectivity index (χ3v) is 5.08. The number of carbonyl (C=O) groups is 3. The summed E-state index contributed by atoms with van der Waals surface area (Å²) in [5.41, 5.74) is 1.80. The van der Waals surface area contributed by atoms with E-state index in [1.54, 1.807) is 48.5 Å². The van der Waals surface area contributed by atoms with Crippen LogP contribution in [0.2, 0.25) is 10.0 Å². The first-order valence-corrected chi connectivity index (χ1v) is 9.76. The Morgan fingerprint density at radius 3 is 2.20 bits per heavy atom. The van der Waals surface area contributed by atoms with Crippen molar-refractivity contribution in [1.29, 1.82) is 0 Å². The van der Waals surface area contributed by atoms with Gasteiger partial charge >= 0.3 is 0 Å². The molecule has 152 valence electrons. The molecule has 0 atom stereocenters. The standard InChI is InChI=1S/C22H17Cl2N3O3/c1-14(28)16-4-6-17(7-5-16)27(13-15-3-8-18(23)19(24)11-15)21(30)12-20(29)22-25-9-2-10-26-22/h2-11H,12-13H2,1H3. The van der Waals surface area contributed by atoms with Crippen LogP contribution in [0.25, 0.3) is 0 Å². The van der Waals surface area contributed by atoms with Crippen LogP contribution >= 0.6 is 23.2 Å². The van der Waals surface area contributed by atoms with E-state index in [-0.39, 0.29) is 18.2 Å². The number of anilines is 1. The molecule has 2 aromatic carbocycles. The van der Waals surface area contributed by atoms with E-state index in [9.17, 15) is 14.4 Å². The fraction of sp³-hybridized carbons (Fsp3) is 0.136. The lowest BCUT2D eigenvalue weighted by atomic mass is 10.1. The summed E-state index contributed by atoms with van der Waals surface area (Å²) >= 11 is 12.1. The topological polar surface area (TPSA) is 80.2 Å². The van der Waals surface area contributed by atoms with Gasteiger partial charge in [0.25, 0.3) is 0 Å². The van der Waals surface area contributed by atoms with Crippen LogP contribution in [0.5, 0.6) is 0 Å². The van der Waals surface area contributed by atoms with Gasteiger partial charge in [0, 0.05) is 23.6 Å². The van der Waals surface area contributed by atoms with Gasteiger partial charge in [0.05, 0.1) is 23.0 Å². The molecule has 3 aromatic rings. The Labute approximate surface area is 183 Å². The van der Waals surface area contributed by atoms with Crippen molar-refractivity contribution in [3.63, 3.8) is 0 Å². The van der Waals surface area contributed by atoms with Crippen LogP contribution in [0, 0.1) is 0 Å². The zero-order valence-electron chi connectivity index (χ0n) is 16.0. The summed E-state index contributed by atoms with van der Waals surface area (Å²) in [6, 6.07) is 13.2. The molecule has 0 radical (unpaired) electrons. The van der Waals surface area contributed by atoms with Crippen LogP contribution in [-0.2, 0) is 11.3 Å². The molecule has 0 unspecified atom stereocenters. The summed E-state index contributed by atoms with van der Waals surface area (Å²) in [5.74, 6) is -1.03. The predicted molar refractivity (Wildman–Crippen MR) is 115 cm³/mol. The first-order chi connectivity index (χ1) is 14.3. The number of nitrogens with zero attached hydrogens (tertiary/aromatic N) is 3. The number of hydrogen-bond donors (Lipinski definition) is 0. The summed E-state index contributed by atoms with van der Waals surface area (Å²) in [6.45, 7) is 1.63. The lowest BCUT2D eigenvalue weighted by Crippen LogP contribution is -2.32. The quantitative estimate of drug-likeness (QED) is 0.388. The van der Waals surface area contributed by atoms with E-state index in [0.717, 1.165) is 5.56 Å². The summed E-state index contributed by atoms with van der Waals surface area (Å²) < 4.78 is 0. The fourth-order valence-corrected chi connectivity index (χ4v) is 3.10. The summed E-state index contributed by atoms with van der Waals surface area (Å²) in [7, 11) is 0. The van der Waals surface area contributed by atoms with E-state index in [1.165, 1.54) is 24.2 Å². The molecule has 30 heavy (non-hydrogen) atoms. The molecule has 8 heteroatoms. The molecule has 3 rings (SSSR count). The van der Waals surface area contributed by atoms with Crippen molar-refractivity contribution in [1.82, 2.24) is 9.97 Å². The third-order valence-electron chi connectivity index (χ3n) is 4.34. The van der Waals surface area contributed by atoms with Crippen LogP contribution in [0.1, 0.15) is 39.9 Å². The van der Waals surface area contributed by atoms with Crippen molar-refractivity contribution >= 4 is 46.4 Å². The maximum atomic E-state index is 13.0. The average Bonchev–Trinajstić information content (AvgIpc) is 2.75. The van der Waals surface area contributed by atoms with Crippen molar-refractivity contribution in [3.05, 3.63) is 87.9 Å². The molecule has 0 fully saturated rings. The van der Waals surface area contributed by atoms with E-state index in [1.807, 2.05) is 0 Å². The summed E-state index contributed by atoms with van der Waals surface area (Å²) in [6.07, 6.45) is 2.48. The monoisotopic (exact) mass is 441 g/mol. The Bertz CT molecular complexity index is 1090. The number of carbonyl (C=O) groups excluding carboxylic acids is 3. The number of rotatable bonds is 7. The fourth-order valence-electron chi connectivity index (χ4n) is 2.78. The SMILES string of the molecule is CC(=O)c1ccc(N(Cc2ccc(Cl)c(Cl)c2)C(=O)CC(=O)c2ncccn2)cc1. The maximum Gasteiger partial charge on any atom is 0.235 e.